The topological polar surface area (TPSA) is 9.86 Å². The maximum atomic E-state index is 4.64. The van der Waals surface area contributed by atoms with E-state index in [9.17, 15) is 0 Å². The molecule has 0 spiro atoms. The molecule has 0 N–H and O–H groups in total. The van der Waals surface area contributed by atoms with Gasteiger partial charge in [0.05, 0.1) is 11.0 Å². The molecular weight excluding hydrogens is 671 g/mol. The van der Waals surface area contributed by atoms with E-state index in [0.29, 0.717) is 0 Å². The van der Waals surface area contributed by atoms with Crippen molar-refractivity contribution in [3.05, 3.63) is 144 Å². The maximum Gasteiger partial charge on any atom is 2.00 e. The summed E-state index contributed by atoms with van der Waals surface area (Å²) >= 11 is 4.64. The van der Waals surface area contributed by atoms with Crippen molar-refractivity contribution in [2.45, 2.75) is 51.4 Å². The number of fused-ring (bicyclic) bond motifs is 8. The first-order valence-electron chi connectivity index (χ1n) is 16.8. The van der Waals surface area contributed by atoms with Crippen molar-refractivity contribution in [1.82, 2.24) is 9.13 Å². The van der Waals surface area contributed by atoms with E-state index in [4.69, 9.17) is 0 Å². The quantitative estimate of drug-likeness (QED) is 0.125. The van der Waals surface area contributed by atoms with Gasteiger partial charge in [0.2, 0.25) is 0 Å². The number of para-hydroxylation sites is 2. The van der Waals surface area contributed by atoms with Crippen LogP contribution in [0.1, 0.15) is 48.2 Å². The van der Waals surface area contributed by atoms with Crippen LogP contribution in [0.2, 0.25) is 0 Å². The van der Waals surface area contributed by atoms with Gasteiger partial charge in [0, 0.05) is 28.5 Å². The second-order valence-corrected chi connectivity index (χ2v) is 12.7. The van der Waals surface area contributed by atoms with Crippen LogP contribution in [0.25, 0.3) is 54.7 Å². The molecule has 0 fully saturated rings. The summed E-state index contributed by atoms with van der Waals surface area (Å²) in [7, 11) is 0. The van der Waals surface area contributed by atoms with E-state index in [1.54, 1.807) is 11.1 Å². The normalized spacial score (nSPS) is 13.7. The standard InChI is InChI=1S/2C21H18N.CH3Cl.Zr/c2*1-2-8-16-14-17(13-15(16)7-1)22-20-11-5-3-9-18(20)19-10-4-6-12-21(19)22;1-2;/h2*1-3,5,7-9,11,13-14H,4,6,10,12H2;1H3;/q2*-1;;+2. The number of aromatic nitrogens is 2. The van der Waals surface area contributed by atoms with Gasteiger partial charge in [0.1, 0.15) is 0 Å². The molecule has 0 amide bonds. The molecule has 0 unspecified atom stereocenters. The summed E-state index contributed by atoms with van der Waals surface area (Å²) in [6, 6.07) is 44.4. The zero-order chi connectivity index (χ0) is 31.0. The number of hydrogen-bond donors (Lipinski definition) is 0. The maximum absolute atomic E-state index is 4.64. The van der Waals surface area contributed by atoms with Gasteiger partial charge in [-0.2, -0.15) is 0 Å². The molecule has 8 aromatic rings. The predicted octanol–water partition coefficient (Wildman–Crippen LogP) is 11.6. The monoisotopic (exact) mass is 708 g/mol. The minimum Gasteiger partial charge on any atom is -0.332 e. The molecule has 10 rings (SSSR count). The fourth-order valence-electron chi connectivity index (χ4n) is 8.11. The fourth-order valence-corrected chi connectivity index (χ4v) is 8.11. The van der Waals surface area contributed by atoms with Gasteiger partial charge in [-0.3, -0.25) is 0 Å². The van der Waals surface area contributed by atoms with Crippen LogP contribution < -0.4 is 0 Å². The summed E-state index contributed by atoms with van der Waals surface area (Å²) in [5, 5.41) is 8.23. The molecule has 0 atom stereocenters. The smallest absolute Gasteiger partial charge is 0.332 e. The van der Waals surface area contributed by atoms with Crippen molar-refractivity contribution in [3.8, 4) is 11.4 Å². The summed E-state index contributed by atoms with van der Waals surface area (Å²) in [5.41, 5.74) is 11.6. The van der Waals surface area contributed by atoms with Crippen LogP contribution in [0, 0.1) is 0 Å². The SMILES string of the molecule is CCl.[Zr+2].c1ccc2[cH-]c(-n3c4c(c5ccccc53)CCCC4)cc2c1.c1ccc2[cH-]c(-n3c4c(c5ccccc53)CCCC4)cc2c1. The Morgan fingerprint density at radius 1 is 0.489 bits per heavy atom. The Balaban J connectivity index is 0.000000139. The molecular formula is C43H39ClN2Zr. The van der Waals surface area contributed by atoms with Crippen LogP contribution in [0.5, 0.6) is 0 Å². The minimum absolute atomic E-state index is 0. The van der Waals surface area contributed by atoms with Gasteiger partial charge in [0.15, 0.2) is 0 Å². The van der Waals surface area contributed by atoms with Crippen LogP contribution >= 0.6 is 11.6 Å². The zero-order valence-electron chi connectivity index (χ0n) is 27.0. The number of benzene rings is 4. The van der Waals surface area contributed by atoms with Gasteiger partial charge in [-0.15, -0.1) is 93.8 Å². The molecule has 2 aliphatic rings. The van der Waals surface area contributed by atoms with E-state index in [1.807, 2.05) is 0 Å². The second kappa shape index (κ2) is 13.8. The first kappa shape index (κ1) is 31.9. The molecule has 0 aliphatic heterocycles. The molecule has 47 heavy (non-hydrogen) atoms. The third-order valence-electron chi connectivity index (χ3n) is 10.1. The van der Waals surface area contributed by atoms with Gasteiger partial charge in [-0.25, -0.2) is 0 Å². The number of halogens is 1. The predicted molar refractivity (Wildman–Crippen MR) is 198 cm³/mol. The van der Waals surface area contributed by atoms with Crippen molar-refractivity contribution in [1.29, 1.82) is 0 Å². The van der Waals surface area contributed by atoms with E-state index < -0.39 is 0 Å². The Labute approximate surface area is 301 Å². The summed E-state index contributed by atoms with van der Waals surface area (Å²) in [6.45, 7) is 0. The van der Waals surface area contributed by atoms with Crippen molar-refractivity contribution in [2.24, 2.45) is 0 Å². The van der Waals surface area contributed by atoms with Gasteiger partial charge in [0.25, 0.3) is 0 Å². The van der Waals surface area contributed by atoms with Gasteiger partial charge < -0.3 is 9.13 Å². The van der Waals surface area contributed by atoms with Crippen molar-refractivity contribution < 1.29 is 26.2 Å². The molecule has 2 heterocycles. The fraction of sp³-hybridized carbons (Fsp3) is 0.209. The summed E-state index contributed by atoms with van der Waals surface area (Å²) in [4.78, 5) is 0. The van der Waals surface area contributed by atoms with Crippen LogP contribution in [0.4, 0.5) is 0 Å². The number of nitrogens with zero attached hydrogens (tertiary/aromatic N) is 2. The number of hydrogen-bond acceptors (Lipinski definition) is 0. The molecule has 4 heteroatoms. The van der Waals surface area contributed by atoms with Gasteiger partial charge in [-0.1, -0.05) is 48.5 Å². The second-order valence-electron chi connectivity index (χ2n) is 12.7. The Morgan fingerprint density at radius 3 is 1.32 bits per heavy atom. The van der Waals surface area contributed by atoms with Gasteiger partial charge in [-0.05, 0) is 86.0 Å². The van der Waals surface area contributed by atoms with Crippen molar-refractivity contribution in [3.63, 3.8) is 0 Å². The molecule has 0 bridgehead atoms. The molecule has 0 saturated heterocycles. The van der Waals surface area contributed by atoms with Crippen LogP contribution in [0.3, 0.4) is 0 Å². The third kappa shape index (κ3) is 5.66. The van der Waals surface area contributed by atoms with Crippen LogP contribution in [-0.4, -0.2) is 15.5 Å². The first-order chi connectivity index (χ1) is 22.8. The number of rotatable bonds is 2. The third-order valence-corrected chi connectivity index (χ3v) is 10.1. The summed E-state index contributed by atoms with van der Waals surface area (Å²) < 4.78 is 5.01. The Bertz CT molecular complexity index is 2080. The average Bonchev–Trinajstić information content (AvgIpc) is 3.89. The molecule has 2 nitrogen and oxygen atoms in total. The Hall–Kier alpha value is -3.65. The van der Waals surface area contributed by atoms with Crippen molar-refractivity contribution >= 4 is 55.0 Å². The van der Waals surface area contributed by atoms with Crippen molar-refractivity contribution in [2.75, 3.05) is 6.38 Å². The Morgan fingerprint density at radius 2 is 0.872 bits per heavy atom. The van der Waals surface area contributed by atoms with E-state index >= 15 is 0 Å². The van der Waals surface area contributed by atoms with E-state index in [-0.39, 0.29) is 26.2 Å². The van der Waals surface area contributed by atoms with Crippen LogP contribution in [0.15, 0.2) is 121 Å². The molecule has 0 saturated carbocycles. The van der Waals surface area contributed by atoms with E-state index in [2.05, 4.69) is 142 Å². The van der Waals surface area contributed by atoms with Crippen LogP contribution in [-0.2, 0) is 51.9 Å². The molecule has 6 aromatic carbocycles. The summed E-state index contributed by atoms with van der Waals surface area (Å²) in [5.74, 6) is 0. The summed E-state index contributed by atoms with van der Waals surface area (Å²) in [6.07, 6.45) is 11.6. The first-order valence-corrected chi connectivity index (χ1v) is 17.5. The van der Waals surface area contributed by atoms with E-state index in [0.717, 1.165) is 0 Å². The largest absolute Gasteiger partial charge is 2.00 e. The number of aryl methyl sites for hydroxylation is 2. The molecule has 232 valence electrons. The molecule has 0 radical (unpaired) electrons. The van der Waals surface area contributed by atoms with Gasteiger partial charge >= 0.3 is 26.2 Å². The molecule has 2 aliphatic carbocycles. The minimum atomic E-state index is 0. The Kier molecular flexibility index (Phi) is 9.40. The zero-order valence-corrected chi connectivity index (χ0v) is 30.2. The average molecular weight is 710 g/mol. The number of alkyl halides is 1. The van der Waals surface area contributed by atoms with E-state index in [1.165, 1.54) is 124 Å². The molecule has 2 aromatic heterocycles.